The van der Waals surface area contributed by atoms with Gasteiger partial charge in [0.05, 0.1) is 19.8 Å². The number of hydrogen-bond acceptors (Lipinski definition) is 8. The number of nitrogens with zero attached hydrogens (tertiary/aromatic N) is 2. The third kappa shape index (κ3) is 3.22. The van der Waals surface area contributed by atoms with E-state index in [9.17, 15) is 4.79 Å². The summed E-state index contributed by atoms with van der Waals surface area (Å²) in [5.74, 6) is 1.93. The molecule has 9 heteroatoms. The number of benzene rings is 2. The first-order valence-electron chi connectivity index (χ1n) is 7.95. The third-order valence-electron chi connectivity index (χ3n) is 3.92. The highest BCUT2D eigenvalue weighted by atomic mass is 16.7. The number of rotatable bonds is 5. The molecule has 0 fully saturated rings. The highest BCUT2D eigenvalue weighted by molar-refractivity contribution is 6.05. The summed E-state index contributed by atoms with van der Waals surface area (Å²) in [5, 5.41) is 10.4. The number of aromatic nitrogens is 2. The van der Waals surface area contributed by atoms with Gasteiger partial charge in [-0.1, -0.05) is 5.10 Å². The predicted molar refractivity (Wildman–Crippen MR) is 93.4 cm³/mol. The zero-order valence-electron chi connectivity index (χ0n) is 14.5. The van der Waals surface area contributed by atoms with E-state index >= 15 is 0 Å². The first-order valence-corrected chi connectivity index (χ1v) is 7.95. The maximum atomic E-state index is 12.6. The Kier molecular flexibility index (Phi) is 4.25. The van der Waals surface area contributed by atoms with E-state index in [-0.39, 0.29) is 24.3 Å². The zero-order valence-corrected chi connectivity index (χ0v) is 14.5. The molecule has 2 heterocycles. The molecule has 1 amide bonds. The van der Waals surface area contributed by atoms with Gasteiger partial charge < -0.3 is 23.4 Å². The van der Waals surface area contributed by atoms with Crippen molar-refractivity contribution in [2.45, 2.75) is 0 Å². The first kappa shape index (κ1) is 16.7. The fourth-order valence-electron chi connectivity index (χ4n) is 2.58. The number of carbonyl (C=O) groups is 1. The van der Waals surface area contributed by atoms with E-state index in [0.717, 1.165) is 0 Å². The van der Waals surface area contributed by atoms with Gasteiger partial charge in [0, 0.05) is 5.56 Å². The smallest absolute Gasteiger partial charge is 0.322 e. The van der Waals surface area contributed by atoms with Crippen molar-refractivity contribution in [1.82, 2.24) is 10.2 Å². The van der Waals surface area contributed by atoms with Crippen LogP contribution in [0.15, 0.2) is 40.8 Å². The van der Waals surface area contributed by atoms with Crippen LogP contribution in [0.5, 0.6) is 23.0 Å². The summed E-state index contributed by atoms with van der Waals surface area (Å²) in [7, 11) is 2.99. The lowest BCUT2D eigenvalue weighted by Gasteiger charge is -2.09. The van der Waals surface area contributed by atoms with Crippen LogP contribution in [0.25, 0.3) is 11.5 Å². The normalized spacial score (nSPS) is 11.9. The highest BCUT2D eigenvalue weighted by Crippen LogP contribution is 2.35. The summed E-state index contributed by atoms with van der Waals surface area (Å²) >= 11 is 0. The number of nitrogens with one attached hydrogen (secondary N) is 1. The van der Waals surface area contributed by atoms with Crippen LogP contribution in [-0.2, 0) is 0 Å². The Bertz CT molecular complexity index is 1000. The van der Waals surface area contributed by atoms with E-state index in [2.05, 4.69) is 15.5 Å². The van der Waals surface area contributed by atoms with Crippen LogP contribution in [0, 0.1) is 0 Å². The van der Waals surface area contributed by atoms with E-state index < -0.39 is 5.91 Å². The minimum atomic E-state index is -0.466. The number of ether oxygens (including phenoxy) is 4. The van der Waals surface area contributed by atoms with Crippen molar-refractivity contribution in [2.75, 3.05) is 26.3 Å². The predicted octanol–water partition coefficient (Wildman–Crippen LogP) is 2.73. The lowest BCUT2D eigenvalue weighted by Crippen LogP contribution is -2.13. The van der Waals surface area contributed by atoms with Gasteiger partial charge in [-0.3, -0.25) is 10.1 Å². The van der Waals surface area contributed by atoms with Crippen molar-refractivity contribution in [3.05, 3.63) is 42.0 Å². The standard InChI is InChI=1S/C18H15N3O6/c1-23-11-4-6-13(24-2)12(8-11)16(22)19-18-21-20-17(27-18)10-3-5-14-15(7-10)26-9-25-14/h3-8H,9H2,1-2H3,(H,19,21,22). The van der Waals surface area contributed by atoms with E-state index in [1.165, 1.54) is 14.2 Å². The molecule has 9 nitrogen and oxygen atoms in total. The van der Waals surface area contributed by atoms with Gasteiger partial charge in [0.1, 0.15) is 11.5 Å². The molecule has 0 spiro atoms. The average molecular weight is 369 g/mol. The van der Waals surface area contributed by atoms with Crippen LogP contribution in [0.1, 0.15) is 10.4 Å². The molecule has 3 aromatic rings. The van der Waals surface area contributed by atoms with Crippen molar-refractivity contribution in [3.8, 4) is 34.5 Å². The van der Waals surface area contributed by atoms with E-state index in [1.54, 1.807) is 36.4 Å². The van der Waals surface area contributed by atoms with Crippen LogP contribution >= 0.6 is 0 Å². The van der Waals surface area contributed by atoms with E-state index in [1.807, 2.05) is 0 Å². The fourth-order valence-corrected chi connectivity index (χ4v) is 2.58. The molecule has 138 valence electrons. The Morgan fingerprint density at radius 2 is 1.89 bits per heavy atom. The van der Waals surface area contributed by atoms with Gasteiger partial charge in [-0.05, 0) is 36.4 Å². The Morgan fingerprint density at radius 1 is 1.04 bits per heavy atom. The SMILES string of the molecule is COc1ccc(OC)c(C(=O)Nc2nnc(-c3ccc4c(c3)OCO4)o2)c1. The third-order valence-corrected chi connectivity index (χ3v) is 3.92. The maximum Gasteiger partial charge on any atom is 0.322 e. The molecular weight excluding hydrogens is 354 g/mol. The molecule has 0 atom stereocenters. The summed E-state index contributed by atoms with van der Waals surface area (Å²) in [6.45, 7) is 0.173. The Balaban J connectivity index is 1.55. The monoisotopic (exact) mass is 369 g/mol. The zero-order chi connectivity index (χ0) is 18.8. The quantitative estimate of drug-likeness (QED) is 0.732. The number of hydrogen-bond donors (Lipinski definition) is 1. The van der Waals surface area contributed by atoms with Crippen LogP contribution in [-0.4, -0.2) is 37.1 Å². The molecular formula is C18H15N3O6. The minimum absolute atomic E-state index is 0.0439. The molecule has 0 radical (unpaired) electrons. The van der Waals surface area contributed by atoms with E-state index in [4.69, 9.17) is 23.4 Å². The van der Waals surface area contributed by atoms with Gasteiger partial charge in [0.2, 0.25) is 12.7 Å². The molecule has 0 saturated carbocycles. The van der Waals surface area contributed by atoms with E-state index in [0.29, 0.717) is 28.6 Å². The summed E-state index contributed by atoms with van der Waals surface area (Å²) in [4.78, 5) is 12.6. The van der Waals surface area contributed by atoms with Crippen LogP contribution in [0.3, 0.4) is 0 Å². The summed E-state index contributed by atoms with van der Waals surface area (Å²) in [6, 6.07) is 10.1. The largest absolute Gasteiger partial charge is 0.497 e. The van der Waals surface area contributed by atoms with Gasteiger partial charge in [0.25, 0.3) is 5.91 Å². The van der Waals surface area contributed by atoms with Crippen LogP contribution < -0.4 is 24.3 Å². The number of methoxy groups -OCH3 is 2. The molecule has 0 bridgehead atoms. The Hall–Kier alpha value is -3.75. The second-order valence-corrected chi connectivity index (χ2v) is 5.50. The Labute approximate surface area is 153 Å². The van der Waals surface area contributed by atoms with Crippen molar-refractivity contribution in [1.29, 1.82) is 0 Å². The molecule has 0 aliphatic carbocycles. The highest BCUT2D eigenvalue weighted by Gasteiger charge is 2.19. The maximum absolute atomic E-state index is 12.6. The second kappa shape index (κ2) is 6.87. The summed E-state index contributed by atoms with van der Waals surface area (Å²) < 4.78 is 26.5. The molecule has 4 rings (SSSR count). The molecule has 1 aromatic heterocycles. The van der Waals surface area contributed by atoms with Crippen molar-refractivity contribution >= 4 is 11.9 Å². The molecule has 0 unspecified atom stereocenters. The first-order chi connectivity index (χ1) is 13.2. The van der Waals surface area contributed by atoms with Crippen molar-refractivity contribution in [2.24, 2.45) is 0 Å². The topological polar surface area (TPSA) is 105 Å². The second-order valence-electron chi connectivity index (χ2n) is 5.50. The number of fused-ring (bicyclic) bond motifs is 1. The number of anilines is 1. The van der Waals surface area contributed by atoms with Gasteiger partial charge >= 0.3 is 6.01 Å². The fraction of sp³-hybridized carbons (Fsp3) is 0.167. The molecule has 1 aliphatic rings. The molecule has 2 aromatic carbocycles. The van der Waals surface area contributed by atoms with Crippen LogP contribution in [0.4, 0.5) is 6.01 Å². The molecule has 1 N–H and O–H groups in total. The van der Waals surface area contributed by atoms with Gasteiger partial charge in [-0.25, -0.2) is 0 Å². The number of amides is 1. The lowest BCUT2D eigenvalue weighted by atomic mass is 10.1. The van der Waals surface area contributed by atoms with Gasteiger partial charge in [0.15, 0.2) is 11.5 Å². The van der Waals surface area contributed by atoms with Gasteiger partial charge in [-0.2, -0.15) is 0 Å². The molecule has 27 heavy (non-hydrogen) atoms. The minimum Gasteiger partial charge on any atom is -0.497 e. The van der Waals surface area contributed by atoms with Gasteiger partial charge in [-0.15, -0.1) is 5.10 Å². The Morgan fingerprint density at radius 3 is 2.70 bits per heavy atom. The summed E-state index contributed by atoms with van der Waals surface area (Å²) in [6.07, 6.45) is 0. The average Bonchev–Trinajstić information content (AvgIpc) is 3.36. The lowest BCUT2D eigenvalue weighted by molar-refractivity contribution is 0.102. The number of carbonyl (C=O) groups excluding carboxylic acids is 1. The summed E-state index contributed by atoms with van der Waals surface area (Å²) in [5.41, 5.74) is 0.922. The molecule has 1 aliphatic heterocycles. The van der Waals surface area contributed by atoms with Crippen molar-refractivity contribution in [3.63, 3.8) is 0 Å². The van der Waals surface area contributed by atoms with Crippen molar-refractivity contribution < 1.29 is 28.2 Å². The van der Waals surface area contributed by atoms with Crippen LogP contribution in [0.2, 0.25) is 0 Å². The molecule has 0 saturated heterocycles.